The average molecular weight is 470 g/mol. The van der Waals surface area contributed by atoms with Gasteiger partial charge in [-0.1, -0.05) is 70.5 Å². The molecule has 0 aliphatic heterocycles. The number of nitrogens with zero attached hydrogens (tertiary/aromatic N) is 3. The summed E-state index contributed by atoms with van der Waals surface area (Å²) in [5.41, 5.74) is 6.11. The molecule has 2 aromatic heterocycles. The summed E-state index contributed by atoms with van der Waals surface area (Å²) in [4.78, 5) is 9.59. The van der Waals surface area contributed by atoms with Gasteiger partial charge in [0, 0.05) is 28.3 Å². The first kappa shape index (κ1) is 19.5. The van der Waals surface area contributed by atoms with Gasteiger partial charge < -0.3 is 9.30 Å². The smallest absolute Gasteiger partial charge is 0.178 e. The van der Waals surface area contributed by atoms with E-state index in [9.17, 15) is 0 Å². The summed E-state index contributed by atoms with van der Waals surface area (Å²) in [6.45, 7) is 0.683. The third-order valence-corrected chi connectivity index (χ3v) is 5.76. The van der Waals surface area contributed by atoms with Gasteiger partial charge in [-0.2, -0.15) is 0 Å². The van der Waals surface area contributed by atoms with Crippen LogP contribution in [0.15, 0.2) is 95.6 Å². The van der Waals surface area contributed by atoms with Crippen LogP contribution in [0.5, 0.6) is 5.75 Å². The third-order valence-electron chi connectivity index (χ3n) is 5.27. The number of hydrogen-bond donors (Lipinski definition) is 0. The second-order valence-corrected chi connectivity index (χ2v) is 8.23. The molecule has 0 N–H and O–H groups in total. The fraction of sp³-hybridized carbons (Fsp3) is 0.0769. The lowest BCUT2D eigenvalue weighted by Crippen LogP contribution is -2.02. The van der Waals surface area contributed by atoms with Crippen LogP contribution in [-0.2, 0) is 6.54 Å². The quantitative estimate of drug-likeness (QED) is 0.291. The van der Waals surface area contributed by atoms with E-state index in [0.29, 0.717) is 6.54 Å². The summed E-state index contributed by atoms with van der Waals surface area (Å²) in [6.07, 6.45) is 1.89. The molecule has 0 atom stereocenters. The van der Waals surface area contributed by atoms with Crippen molar-refractivity contribution >= 4 is 27.1 Å². The minimum Gasteiger partial charge on any atom is -0.497 e. The topological polar surface area (TPSA) is 39.9 Å². The van der Waals surface area contributed by atoms with E-state index in [-0.39, 0.29) is 0 Å². The standard InChI is InChI=1S/C26H20BrN3O/c1-31-23-12-6-10-20(14-23)26-29-25-24(30(26)17-18-7-5-11-22(27)13-18)15-21(16-28-25)19-8-3-2-4-9-19/h2-16H,17H2,1H3. The van der Waals surface area contributed by atoms with E-state index < -0.39 is 0 Å². The van der Waals surface area contributed by atoms with Crippen molar-refractivity contribution in [3.63, 3.8) is 0 Å². The summed E-state index contributed by atoms with van der Waals surface area (Å²) in [5, 5.41) is 0. The molecule has 0 saturated carbocycles. The van der Waals surface area contributed by atoms with Crippen LogP contribution in [0.4, 0.5) is 0 Å². The molecule has 5 heteroatoms. The molecule has 5 aromatic rings. The molecule has 0 fully saturated rings. The summed E-state index contributed by atoms with van der Waals surface area (Å²) >= 11 is 3.59. The zero-order chi connectivity index (χ0) is 21.2. The van der Waals surface area contributed by atoms with Gasteiger partial charge in [-0.25, -0.2) is 9.97 Å². The van der Waals surface area contributed by atoms with Gasteiger partial charge in [0.25, 0.3) is 0 Å². The van der Waals surface area contributed by atoms with Crippen molar-refractivity contribution in [1.29, 1.82) is 0 Å². The fourth-order valence-electron chi connectivity index (χ4n) is 3.75. The molecule has 0 spiro atoms. The van der Waals surface area contributed by atoms with Crippen molar-refractivity contribution in [2.75, 3.05) is 7.11 Å². The van der Waals surface area contributed by atoms with Crippen LogP contribution < -0.4 is 4.74 Å². The lowest BCUT2D eigenvalue weighted by atomic mass is 10.1. The van der Waals surface area contributed by atoms with Crippen molar-refractivity contribution in [1.82, 2.24) is 14.5 Å². The number of hydrogen-bond acceptors (Lipinski definition) is 3. The highest BCUT2D eigenvalue weighted by Crippen LogP contribution is 2.30. The molecule has 31 heavy (non-hydrogen) atoms. The Labute approximate surface area is 189 Å². The Balaban J connectivity index is 1.71. The fourth-order valence-corrected chi connectivity index (χ4v) is 4.20. The van der Waals surface area contributed by atoms with Crippen LogP contribution in [0.1, 0.15) is 5.56 Å². The Hall–Kier alpha value is -3.44. The van der Waals surface area contributed by atoms with E-state index in [1.54, 1.807) is 7.11 Å². The minimum absolute atomic E-state index is 0.683. The molecule has 3 aromatic carbocycles. The van der Waals surface area contributed by atoms with Gasteiger partial charge in [0.1, 0.15) is 11.6 Å². The molecule has 2 heterocycles. The van der Waals surface area contributed by atoms with Gasteiger partial charge in [-0.05, 0) is 41.5 Å². The highest BCUT2D eigenvalue weighted by Gasteiger charge is 2.16. The largest absolute Gasteiger partial charge is 0.497 e. The predicted octanol–water partition coefficient (Wildman–Crippen LogP) is 6.58. The maximum atomic E-state index is 5.44. The van der Waals surface area contributed by atoms with Gasteiger partial charge >= 0.3 is 0 Å². The van der Waals surface area contributed by atoms with Crippen LogP contribution in [0.2, 0.25) is 0 Å². The van der Waals surface area contributed by atoms with Crippen molar-refractivity contribution < 1.29 is 4.74 Å². The van der Waals surface area contributed by atoms with Gasteiger partial charge in [0.15, 0.2) is 5.65 Å². The summed E-state index contributed by atoms with van der Waals surface area (Å²) in [6, 6.07) is 28.8. The van der Waals surface area contributed by atoms with Crippen LogP contribution >= 0.6 is 15.9 Å². The third kappa shape index (κ3) is 3.97. The lowest BCUT2D eigenvalue weighted by Gasteiger charge is -2.11. The number of fused-ring (bicyclic) bond motifs is 1. The average Bonchev–Trinajstić information content (AvgIpc) is 3.17. The SMILES string of the molecule is COc1cccc(-c2nc3ncc(-c4ccccc4)cc3n2Cc2cccc(Br)c2)c1. The molecule has 0 aliphatic rings. The van der Waals surface area contributed by atoms with E-state index in [4.69, 9.17) is 14.7 Å². The number of pyridine rings is 1. The van der Waals surface area contributed by atoms with E-state index in [2.05, 4.69) is 63.0 Å². The van der Waals surface area contributed by atoms with E-state index in [1.165, 1.54) is 5.56 Å². The number of imidazole rings is 1. The molecule has 0 unspecified atom stereocenters. The number of ether oxygens (including phenoxy) is 1. The van der Waals surface area contributed by atoms with Gasteiger partial charge in [0.2, 0.25) is 0 Å². The molecule has 0 amide bonds. The maximum absolute atomic E-state index is 5.44. The Morgan fingerprint density at radius 3 is 2.45 bits per heavy atom. The van der Waals surface area contributed by atoms with Crippen LogP contribution in [0.25, 0.3) is 33.7 Å². The van der Waals surface area contributed by atoms with E-state index >= 15 is 0 Å². The predicted molar refractivity (Wildman–Crippen MR) is 128 cm³/mol. The van der Waals surface area contributed by atoms with Gasteiger partial charge in [-0.15, -0.1) is 0 Å². The molecule has 0 radical (unpaired) electrons. The number of methoxy groups -OCH3 is 1. The second kappa shape index (κ2) is 8.36. The molecule has 0 saturated heterocycles. The van der Waals surface area contributed by atoms with Crippen molar-refractivity contribution in [3.05, 3.63) is 101 Å². The summed E-state index contributed by atoms with van der Waals surface area (Å²) in [7, 11) is 1.68. The van der Waals surface area contributed by atoms with Crippen molar-refractivity contribution in [2.45, 2.75) is 6.54 Å². The van der Waals surface area contributed by atoms with Crippen molar-refractivity contribution in [3.8, 4) is 28.3 Å². The molecule has 0 bridgehead atoms. The molecule has 5 rings (SSSR count). The highest BCUT2D eigenvalue weighted by atomic mass is 79.9. The van der Waals surface area contributed by atoms with Crippen molar-refractivity contribution in [2.24, 2.45) is 0 Å². The Morgan fingerprint density at radius 1 is 0.839 bits per heavy atom. The minimum atomic E-state index is 0.683. The molecule has 0 aliphatic carbocycles. The van der Waals surface area contributed by atoms with Crippen LogP contribution in [0, 0.1) is 0 Å². The first-order chi connectivity index (χ1) is 15.2. The maximum Gasteiger partial charge on any atom is 0.178 e. The zero-order valence-electron chi connectivity index (χ0n) is 17.0. The lowest BCUT2D eigenvalue weighted by molar-refractivity contribution is 0.415. The van der Waals surface area contributed by atoms with Gasteiger partial charge in [0.05, 0.1) is 12.6 Å². The number of benzene rings is 3. The number of rotatable bonds is 5. The molecule has 4 nitrogen and oxygen atoms in total. The van der Waals surface area contributed by atoms with Crippen LogP contribution in [-0.4, -0.2) is 21.6 Å². The van der Waals surface area contributed by atoms with Crippen LogP contribution in [0.3, 0.4) is 0 Å². The summed E-state index contributed by atoms with van der Waals surface area (Å²) < 4.78 is 8.73. The number of aromatic nitrogens is 3. The summed E-state index contributed by atoms with van der Waals surface area (Å²) in [5.74, 6) is 1.67. The Kier molecular flexibility index (Phi) is 5.26. The molecule has 152 valence electrons. The molecular formula is C26H20BrN3O. The monoisotopic (exact) mass is 469 g/mol. The highest BCUT2D eigenvalue weighted by molar-refractivity contribution is 9.10. The zero-order valence-corrected chi connectivity index (χ0v) is 18.6. The number of halogens is 1. The van der Waals surface area contributed by atoms with E-state index in [1.807, 2.05) is 48.7 Å². The Bertz CT molecular complexity index is 1360. The second-order valence-electron chi connectivity index (χ2n) is 7.32. The molecular weight excluding hydrogens is 450 g/mol. The van der Waals surface area contributed by atoms with Gasteiger partial charge in [-0.3, -0.25) is 0 Å². The first-order valence-corrected chi connectivity index (χ1v) is 10.8. The Morgan fingerprint density at radius 2 is 1.65 bits per heavy atom. The normalized spacial score (nSPS) is 11.0. The van der Waals surface area contributed by atoms with E-state index in [0.717, 1.165) is 43.9 Å². The first-order valence-electron chi connectivity index (χ1n) is 10.0.